The number of fused-ring (bicyclic) bond motifs is 2. The molecule has 0 saturated carbocycles. The van der Waals surface area contributed by atoms with Gasteiger partial charge < -0.3 is 0 Å². The minimum atomic E-state index is -0.657. The number of amides is 4. The van der Waals surface area contributed by atoms with E-state index in [1.165, 1.54) is 12.1 Å². The maximum atomic E-state index is 11.8. The Kier molecular flexibility index (Phi) is 10.9. The standard InChI is InChI=1S/C11H11NO3S.C8H5NO3.C3H7ClS/c1-16-7-6-15-12-10(13)8-4-2-3-5-9(8)11(12)14;10-7-5-3-1-2-4-6(5)8(11)9(7)12;1-5-3-2-4/h2-5H,6-7H2,1H3;1-4,12H;2-3H2,1H3. The summed E-state index contributed by atoms with van der Waals surface area (Å²) in [6, 6.07) is 13.0. The lowest BCUT2D eigenvalue weighted by atomic mass is 10.1. The highest BCUT2D eigenvalue weighted by molar-refractivity contribution is 7.98. The molecule has 0 fully saturated rings. The molecule has 0 atom stereocenters. The van der Waals surface area contributed by atoms with Crippen molar-refractivity contribution >= 4 is 58.8 Å². The highest BCUT2D eigenvalue weighted by Crippen LogP contribution is 2.22. The molecule has 2 aromatic carbocycles. The molecule has 2 aliphatic rings. The van der Waals surface area contributed by atoms with Crippen LogP contribution in [0.2, 0.25) is 0 Å². The van der Waals surface area contributed by atoms with Crippen molar-refractivity contribution in [1.29, 1.82) is 0 Å². The van der Waals surface area contributed by atoms with Crippen LogP contribution in [0.4, 0.5) is 0 Å². The third kappa shape index (κ3) is 6.58. The van der Waals surface area contributed by atoms with Crippen LogP contribution in [0.1, 0.15) is 41.4 Å². The number of nitrogens with zero attached hydrogens (tertiary/aromatic N) is 2. The molecule has 8 nitrogen and oxygen atoms in total. The van der Waals surface area contributed by atoms with Crippen LogP contribution in [0.3, 0.4) is 0 Å². The molecule has 1 N–H and O–H groups in total. The summed E-state index contributed by atoms with van der Waals surface area (Å²) in [7, 11) is 0. The molecule has 0 bridgehead atoms. The Balaban J connectivity index is 0.000000200. The van der Waals surface area contributed by atoms with Gasteiger partial charge in [-0.3, -0.25) is 29.2 Å². The Morgan fingerprint density at radius 1 is 0.758 bits per heavy atom. The molecule has 2 aromatic rings. The Hall–Kier alpha value is -2.37. The second-order valence-electron chi connectivity index (χ2n) is 6.43. The third-order valence-corrected chi connectivity index (χ3v) is 5.92. The van der Waals surface area contributed by atoms with E-state index >= 15 is 0 Å². The zero-order chi connectivity index (χ0) is 24.4. The van der Waals surface area contributed by atoms with Crippen LogP contribution in [0.25, 0.3) is 0 Å². The van der Waals surface area contributed by atoms with Crippen molar-refractivity contribution in [3.63, 3.8) is 0 Å². The van der Waals surface area contributed by atoms with Gasteiger partial charge in [0.25, 0.3) is 23.6 Å². The van der Waals surface area contributed by atoms with Crippen LogP contribution in [0.5, 0.6) is 0 Å². The van der Waals surface area contributed by atoms with Crippen LogP contribution in [-0.2, 0) is 4.84 Å². The van der Waals surface area contributed by atoms with Crippen molar-refractivity contribution in [2.45, 2.75) is 0 Å². The summed E-state index contributed by atoms with van der Waals surface area (Å²) < 4.78 is 0. The second kappa shape index (κ2) is 13.4. The van der Waals surface area contributed by atoms with Gasteiger partial charge in [-0.15, -0.1) is 21.7 Å². The van der Waals surface area contributed by atoms with Crippen molar-refractivity contribution in [3.05, 3.63) is 70.8 Å². The summed E-state index contributed by atoms with van der Waals surface area (Å²) in [5, 5.41) is 9.90. The van der Waals surface area contributed by atoms with E-state index in [1.54, 1.807) is 59.9 Å². The lowest BCUT2D eigenvalue weighted by Gasteiger charge is -2.12. The van der Waals surface area contributed by atoms with Crippen LogP contribution in [0, 0.1) is 0 Å². The lowest BCUT2D eigenvalue weighted by Crippen LogP contribution is -2.30. The third-order valence-electron chi connectivity index (χ3n) is 4.32. The van der Waals surface area contributed by atoms with Gasteiger partial charge in [0.2, 0.25) is 0 Å². The number of imide groups is 2. The van der Waals surface area contributed by atoms with Gasteiger partial charge in [0.05, 0.1) is 28.9 Å². The smallest absolute Gasteiger partial charge is 0.278 e. The minimum Gasteiger partial charge on any atom is -0.278 e. The molecule has 4 amide bonds. The van der Waals surface area contributed by atoms with Crippen molar-refractivity contribution in [1.82, 2.24) is 10.1 Å². The molecule has 33 heavy (non-hydrogen) atoms. The van der Waals surface area contributed by atoms with Gasteiger partial charge in [-0.1, -0.05) is 24.3 Å². The van der Waals surface area contributed by atoms with E-state index in [0.717, 1.165) is 22.4 Å². The topological polar surface area (TPSA) is 104 Å². The molecule has 0 spiro atoms. The summed E-state index contributed by atoms with van der Waals surface area (Å²) >= 11 is 8.65. The predicted molar refractivity (Wildman–Crippen MR) is 129 cm³/mol. The minimum absolute atomic E-state index is 0.130. The zero-order valence-electron chi connectivity index (χ0n) is 18.0. The number of carbonyl (C=O) groups excluding carboxylic acids is 4. The van der Waals surface area contributed by atoms with Gasteiger partial charge >= 0.3 is 0 Å². The summed E-state index contributed by atoms with van der Waals surface area (Å²) in [5.41, 5.74) is 1.34. The molecule has 0 aliphatic carbocycles. The van der Waals surface area contributed by atoms with Gasteiger partial charge in [-0.2, -0.15) is 23.5 Å². The molecule has 2 aliphatic heterocycles. The van der Waals surface area contributed by atoms with Gasteiger partial charge in [0.15, 0.2) is 0 Å². The number of thioether (sulfide) groups is 2. The first kappa shape index (κ1) is 26.9. The fraction of sp³-hybridized carbons (Fsp3) is 0.273. The van der Waals surface area contributed by atoms with Gasteiger partial charge in [-0.05, 0) is 36.8 Å². The van der Waals surface area contributed by atoms with Gasteiger partial charge in [0, 0.05) is 17.4 Å². The van der Waals surface area contributed by atoms with E-state index in [0.29, 0.717) is 17.7 Å². The van der Waals surface area contributed by atoms with Crippen molar-refractivity contribution in [3.8, 4) is 0 Å². The average Bonchev–Trinajstić information content (AvgIpc) is 3.21. The molecule has 0 aromatic heterocycles. The van der Waals surface area contributed by atoms with E-state index < -0.39 is 11.8 Å². The highest BCUT2D eigenvalue weighted by Gasteiger charge is 2.36. The average molecular weight is 511 g/mol. The fourth-order valence-electron chi connectivity index (χ4n) is 2.75. The molecule has 0 radical (unpaired) electrons. The number of benzene rings is 2. The van der Waals surface area contributed by atoms with Crippen LogP contribution in [-0.4, -0.2) is 75.5 Å². The zero-order valence-corrected chi connectivity index (χ0v) is 20.4. The summed E-state index contributed by atoms with van der Waals surface area (Å²) in [4.78, 5) is 50.8. The number of hydrogen-bond acceptors (Lipinski definition) is 8. The lowest BCUT2D eigenvalue weighted by molar-refractivity contribution is -0.0852. The highest BCUT2D eigenvalue weighted by atomic mass is 35.5. The van der Waals surface area contributed by atoms with E-state index in [9.17, 15) is 19.2 Å². The number of alkyl halides is 1. The number of rotatable bonds is 6. The first-order chi connectivity index (χ1) is 15.9. The number of hydroxylamine groups is 4. The molecule has 4 rings (SSSR count). The van der Waals surface area contributed by atoms with Crippen LogP contribution in [0.15, 0.2) is 48.5 Å². The Morgan fingerprint density at radius 3 is 1.48 bits per heavy atom. The van der Waals surface area contributed by atoms with Crippen LogP contribution >= 0.6 is 35.1 Å². The Morgan fingerprint density at radius 2 is 1.15 bits per heavy atom. The quantitative estimate of drug-likeness (QED) is 0.270. The van der Waals surface area contributed by atoms with Crippen molar-refractivity contribution in [2.24, 2.45) is 0 Å². The Bertz CT molecular complexity index is 948. The maximum Gasteiger partial charge on any atom is 0.285 e. The molecular weight excluding hydrogens is 488 g/mol. The van der Waals surface area contributed by atoms with E-state index in [4.69, 9.17) is 21.6 Å². The van der Waals surface area contributed by atoms with E-state index in [1.807, 2.05) is 12.5 Å². The summed E-state index contributed by atoms with van der Waals surface area (Å²) in [5.74, 6) is 0.533. The molecular formula is C22H23ClN2O6S2. The fourth-order valence-corrected chi connectivity index (χ4v) is 3.61. The molecule has 2 heterocycles. The van der Waals surface area contributed by atoms with Crippen LogP contribution < -0.4 is 0 Å². The summed E-state index contributed by atoms with van der Waals surface area (Å²) in [6.45, 7) is 0.354. The van der Waals surface area contributed by atoms with Crippen molar-refractivity contribution < 1.29 is 29.2 Å². The summed E-state index contributed by atoms with van der Waals surface area (Å²) in [6.07, 6.45) is 3.98. The normalized spacial score (nSPS) is 13.8. The SMILES string of the molecule is CSCCCl.CSCCON1C(=O)c2ccccc2C1=O.O=C1c2ccccc2C(=O)N1O. The second-order valence-corrected chi connectivity index (χ2v) is 8.77. The first-order valence-electron chi connectivity index (χ1n) is 9.70. The molecule has 0 unspecified atom stereocenters. The molecule has 176 valence electrons. The number of hydrogen-bond donors (Lipinski definition) is 1. The maximum absolute atomic E-state index is 11.8. The predicted octanol–water partition coefficient (Wildman–Crippen LogP) is 3.84. The Labute approximate surface area is 205 Å². The molecule has 0 saturated heterocycles. The molecule has 11 heteroatoms. The van der Waals surface area contributed by atoms with Gasteiger partial charge in [-0.25, -0.2) is 0 Å². The first-order valence-corrected chi connectivity index (χ1v) is 13.0. The number of halogens is 1. The van der Waals surface area contributed by atoms with E-state index in [2.05, 4.69) is 0 Å². The van der Waals surface area contributed by atoms with Crippen molar-refractivity contribution in [2.75, 3.05) is 36.5 Å². The largest absolute Gasteiger partial charge is 0.285 e. The van der Waals surface area contributed by atoms with Gasteiger partial charge in [0.1, 0.15) is 0 Å². The number of carbonyl (C=O) groups is 4. The monoisotopic (exact) mass is 510 g/mol. The van der Waals surface area contributed by atoms with E-state index in [-0.39, 0.29) is 28.0 Å².